The van der Waals surface area contributed by atoms with Crippen molar-refractivity contribution in [2.24, 2.45) is 11.7 Å². The molecule has 15 heavy (non-hydrogen) atoms. The second-order valence-electron chi connectivity index (χ2n) is 4.60. The van der Waals surface area contributed by atoms with Crippen LogP contribution in [-0.4, -0.2) is 29.9 Å². The van der Waals surface area contributed by atoms with Crippen LogP contribution in [0, 0.1) is 5.92 Å². The van der Waals surface area contributed by atoms with Gasteiger partial charge in [-0.1, -0.05) is 33.1 Å². The molecule has 1 fully saturated rings. The Kier molecular flexibility index (Phi) is 5.09. The minimum absolute atomic E-state index is 0.166. The molecule has 1 aliphatic rings. The van der Waals surface area contributed by atoms with Crippen molar-refractivity contribution in [1.82, 2.24) is 4.90 Å². The first kappa shape index (κ1) is 12.5. The second-order valence-corrected chi connectivity index (χ2v) is 4.60. The first-order chi connectivity index (χ1) is 7.19. The molecular formula is C12H24N2O. The molecule has 3 heteroatoms. The molecule has 0 aromatic rings. The van der Waals surface area contributed by atoms with Crippen molar-refractivity contribution in [2.75, 3.05) is 13.1 Å². The topological polar surface area (TPSA) is 46.3 Å². The molecule has 0 bridgehead atoms. The van der Waals surface area contributed by atoms with E-state index in [2.05, 4.69) is 13.8 Å². The summed E-state index contributed by atoms with van der Waals surface area (Å²) in [5.74, 6) is 0.867. The van der Waals surface area contributed by atoms with Gasteiger partial charge in [0.15, 0.2) is 0 Å². The van der Waals surface area contributed by atoms with E-state index in [0.717, 1.165) is 38.8 Å². The average Bonchev–Trinajstić information content (AvgIpc) is 2.73. The Hall–Kier alpha value is -0.570. The molecule has 0 spiro atoms. The number of nitrogens with two attached hydrogens (primary N) is 1. The lowest BCUT2D eigenvalue weighted by Crippen LogP contribution is -2.42. The molecule has 1 saturated heterocycles. The Bertz CT molecular complexity index is 206. The first-order valence-corrected chi connectivity index (χ1v) is 6.23. The highest BCUT2D eigenvalue weighted by molar-refractivity contribution is 5.81. The summed E-state index contributed by atoms with van der Waals surface area (Å²) >= 11 is 0. The molecule has 0 saturated carbocycles. The highest BCUT2D eigenvalue weighted by Gasteiger charge is 2.27. The number of hydrogen-bond donors (Lipinski definition) is 1. The number of carbonyl (C=O) groups excluding carboxylic acids is 1. The van der Waals surface area contributed by atoms with E-state index in [9.17, 15) is 4.79 Å². The van der Waals surface area contributed by atoms with Gasteiger partial charge in [-0.2, -0.15) is 0 Å². The third-order valence-electron chi connectivity index (χ3n) is 3.36. The van der Waals surface area contributed by atoms with E-state index in [0.29, 0.717) is 5.92 Å². The van der Waals surface area contributed by atoms with E-state index >= 15 is 0 Å². The summed E-state index contributed by atoms with van der Waals surface area (Å²) in [7, 11) is 0. The van der Waals surface area contributed by atoms with Gasteiger partial charge in [-0.05, 0) is 18.8 Å². The summed E-state index contributed by atoms with van der Waals surface area (Å²) < 4.78 is 0. The van der Waals surface area contributed by atoms with Crippen LogP contribution in [-0.2, 0) is 4.79 Å². The molecule has 2 atom stereocenters. The second kappa shape index (κ2) is 6.11. The number of rotatable bonds is 5. The van der Waals surface area contributed by atoms with Gasteiger partial charge in [0.25, 0.3) is 0 Å². The molecule has 0 radical (unpaired) electrons. The van der Waals surface area contributed by atoms with Crippen LogP contribution in [0.2, 0.25) is 0 Å². The third-order valence-corrected chi connectivity index (χ3v) is 3.36. The number of amides is 1. The Morgan fingerprint density at radius 2 is 2.27 bits per heavy atom. The van der Waals surface area contributed by atoms with Crippen LogP contribution in [0.1, 0.15) is 46.0 Å². The zero-order chi connectivity index (χ0) is 11.3. The Balaban J connectivity index is 2.33. The standard InChI is InChI=1S/C12H24N2O/c1-3-5-6-11(13)12(15)14-8-7-10(4-2)9-14/h10-11H,3-9,13H2,1-2H3/t10?,11-/m0/s1. The number of unbranched alkanes of at least 4 members (excludes halogenated alkanes) is 1. The fraction of sp³-hybridized carbons (Fsp3) is 0.917. The highest BCUT2D eigenvalue weighted by Crippen LogP contribution is 2.19. The van der Waals surface area contributed by atoms with Crippen LogP contribution < -0.4 is 5.73 Å². The number of likely N-dealkylation sites (tertiary alicyclic amines) is 1. The van der Waals surface area contributed by atoms with Gasteiger partial charge in [0.05, 0.1) is 6.04 Å². The van der Waals surface area contributed by atoms with E-state index in [1.807, 2.05) is 4.90 Å². The molecule has 1 aliphatic heterocycles. The van der Waals surface area contributed by atoms with Crippen LogP contribution in [0.5, 0.6) is 0 Å². The zero-order valence-corrected chi connectivity index (χ0v) is 10.0. The highest BCUT2D eigenvalue weighted by atomic mass is 16.2. The van der Waals surface area contributed by atoms with Crippen molar-refractivity contribution in [3.05, 3.63) is 0 Å². The van der Waals surface area contributed by atoms with Gasteiger partial charge >= 0.3 is 0 Å². The Morgan fingerprint density at radius 3 is 2.80 bits per heavy atom. The fourth-order valence-electron chi connectivity index (χ4n) is 2.15. The quantitative estimate of drug-likeness (QED) is 0.755. The molecule has 88 valence electrons. The zero-order valence-electron chi connectivity index (χ0n) is 10.0. The molecule has 1 heterocycles. The van der Waals surface area contributed by atoms with Gasteiger partial charge < -0.3 is 10.6 Å². The van der Waals surface area contributed by atoms with Crippen molar-refractivity contribution in [1.29, 1.82) is 0 Å². The smallest absolute Gasteiger partial charge is 0.239 e. The molecule has 3 nitrogen and oxygen atoms in total. The maximum Gasteiger partial charge on any atom is 0.239 e. The average molecular weight is 212 g/mol. The number of nitrogens with zero attached hydrogens (tertiary/aromatic N) is 1. The molecule has 2 N–H and O–H groups in total. The van der Waals surface area contributed by atoms with Crippen molar-refractivity contribution in [3.63, 3.8) is 0 Å². The van der Waals surface area contributed by atoms with Crippen LogP contribution in [0.15, 0.2) is 0 Å². The lowest BCUT2D eigenvalue weighted by molar-refractivity contribution is -0.131. The summed E-state index contributed by atoms with van der Waals surface area (Å²) in [6.45, 7) is 6.15. The third kappa shape index (κ3) is 3.49. The summed E-state index contributed by atoms with van der Waals surface area (Å²) in [5, 5.41) is 0. The van der Waals surface area contributed by atoms with Gasteiger partial charge in [-0.3, -0.25) is 4.79 Å². The number of hydrogen-bond acceptors (Lipinski definition) is 2. The van der Waals surface area contributed by atoms with E-state index in [4.69, 9.17) is 5.73 Å². The maximum atomic E-state index is 11.9. The summed E-state index contributed by atoms with van der Waals surface area (Å²) in [6.07, 6.45) is 5.33. The molecule has 1 rings (SSSR count). The summed E-state index contributed by atoms with van der Waals surface area (Å²) in [5.41, 5.74) is 5.88. The first-order valence-electron chi connectivity index (χ1n) is 6.23. The van der Waals surface area contributed by atoms with Gasteiger partial charge in [0.1, 0.15) is 0 Å². The van der Waals surface area contributed by atoms with Gasteiger partial charge in [-0.25, -0.2) is 0 Å². The molecule has 1 unspecified atom stereocenters. The SMILES string of the molecule is CCCC[C@H](N)C(=O)N1CCC(CC)C1. The van der Waals surface area contributed by atoms with Gasteiger partial charge in [-0.15, -0.1) is 0 Å². The minimum atomic E-state index is -0.263. The predicted molar refractivity (Wildman–Crippen MR) is 62.5 cm³/mol. The minimum Gasteiger partial charge on any atom is -0.341 e. The Labute approximate surface area is 93.0 Å². The van der Waals surface area contributed by atoms with E-state index in [1.165, 1.54) is 6.42 Å². The molecule has 1 amide bonds. The monoisotopic (exact) mass is 212 g/mol. The van der Waals surface area contributed by atoms with Crippen LogP contribution >= 0.6 is 0 Å². The van der Waals surface area contributed by atoms with E-state index in [-0.39, 0.29) is 11.9 Å². The van der Waals surface area contributed by atoms with Crippen molar-refractivity contribution < 1.29 is 4.79 Å². The molecule has 0 aromatic heterocycles. The van der Waals surface area contributed by atoms with Crippen LogP contribution in [0.4, 0.5) is 0 Å². The molecule has 0 aliphatic carbocycles. The lowest BCUT2D eigenvalue weighted by atomic mass is 10.1. The number of carbonyl (C=O) groups is 1. The maximum absolute atomic E-state index is 11.9. The van der Waals surface area contributed by atoms with Crippen LogP contribution in [0.3, 0.4) is 0 Å². The fourth-order valence-corrected chi connectivity index (χ4v) is 2.15. The normalized spacial score (nSPS) is 23.1. The van der Waals surface area contributed by atoms with Gasteiger partial charge in [0.2, 0.25) is 5.91 Å². The predicted octanol–water partition coefficient (Wildman–Crippen LogP) is 1.76. The van der Waals surface area contributed by atoms with E-state index < -0.39 is 0 Å². The largest absolute Gasteiger partial charge is 0.341 e. The summed E-state index contributed by atoms with van der Waals surface area (Å²) in [4.78, 5) is 13.9. The molecular weight excluding hydrogens is 188 g/mol. The van der Waals surface area contributed by atoms with Gasteiger partial charge in [0, 0.05) is 13.1 Å². The van der Waals surface area contributed by atoms with Crippen molar-refractivity contribution in [2.45, 2.75) is 52.0 Å². The Morgan fingerprint density at radius 1 is 1.53 bits per heavy atom. The van der Waals surface area contributed by atoms with Crippen molar-refractivity contribution in [3.8, 4) is 0 Å². The summed E-state index contributed by atoms with van der Waals surface area (Å²) in [6, 6.07) is -0.263. The van der Waals surface area contributed by atoms with Crippen molar-refractivity contribution >= 4 is 5.91 Å². The molecule has 0 aromatic carbocycles. The van der Waals surface area contributed by atoms with Crippen LogP contribution in [0.25, 0.3) is 0 Å². The van der Waals surface area contributed by atoms with E-state index in [1.54, 1.807) is 0 Å². The lowest BCUT2D eigenvalue weighted by Gasteiger charge is -2.20.